The minimum absolute atomic E-state index is 0.0834. The normalized spacial score (nSPS) is 37.9. The summed E-state index contributed by atoms with van der Waals surface area (Å²) in [6.07, 6.45) is 6.23. The van der Waals surface area contributed by atoms with Crippen LogP contribution in [0.15, 0.2) is 0 Å². The highest BCUT2D eigenvalue weighted by atomic mass is 16.6. The highest BCUT2D eigenvalue weighted by Crippen LogP contribution is 2.54. The molecule has 4 aliphatic rings. The van der Waals surface area contributed by atoms with Crippen molar-refractivity contribution < 1.29 is 14.3 Å². The van der Waals surface area contributed by atoms with Gasteiger partial charge in [0.2, 0.25) is 5.91 Å². The number of alkyl carbamates (subject to hydrolysis) is 1. The van der Waals surface area contributed by atoms with E-state index in [4.69, 9.17) is 4.74 Å². The number of cyclic esters (lactones) is 1. The van der Waals surface area contributed by atoms with Crippen molar-refractivity contribution in [2.24, 2.45) is 17.3 Å². The fourth-order valence-corrected chi connectivity index (χ4v) is 4.43. The topological polar surface area (TPSA) is 58.6 Å². The molecule has 0 aromatic rings. The minimum atomic E-state index is -0.334. The van der Waals surface area contributed by atoms with Crippen molar-refractivity contribution in [2.75, 3.05) is 19.7 Å². The maximum Gasteiger partial charge on any atom is 0.407 e. The van der Waals surface area contributed by atoms with Crippen molar-refractivity contribution in [3.63, 3.8) is 0 Å². The molecule has 2 heterocycles. The van der Waals surface area contributed by atoms with Crippen LogP contribution in [-0.4, -0.2) is 42.1 Å². The van der Waals surface area contributed by atoms with Crippen LogP contribution in [0.25, 0.3) is 0 Å². The number of hydrogen-bond donors (Lipinski definition) is 1. The van der Waals surface area contributed by atoms with Gasteiger partial charge in [-0.15, -0.1) is 0 Å². The Hall–Kier alpha value is -1.26. The van der Waals surface area contributed by atoms with Crippen molar-refractivity contribution in [3.8, 4) is 0 Å². The lowest BCUT2D eigenvalue weighted by Crippen LogP contribution is -2.58. The number of rotatable bonds is 2. The van der Waals surface area contributed by atoms with Crippen LogP contribution in [-0.2, 0) is 9.53 Å². The summed E-state index contributed by atoms with van der Waals surface area (Å²) in [6, 6.07) is 0. The predicted octanol–water partition coefficient (Wildman–Crippen LogP) is 1.91. The van der Waals surface area contributed by atoms with E-state index < -0.39 is 0 Å². The lowest BCUT2D eigenvalue weighted by atomic mass is 9.68. The van der Waals surface area contributed by atoms with Gasteiger partial charge in [-0.2, -0.15) is 0 Å². The highest BCUT2D eigenvalue weighted by Gasteiger charge is 2.54. The van der Waals surface area contributed by atoms with Gasteiger partial charge >= 0.3 is 6.09 Å². The minimum Gasteiger partial charge on any atom is -0.447 e. The van der Waals surface area contributed by atoms with Crippen LogP contribution in [0.2, 0.25) is 0 Å². The van der Waals surface area contributed by atoms with Crippen LogP contribution in [0.1, 0.15) is 45.4 Å². The Bertz CT molecular complexity index is 472. The maximum absolute atomic E-state index is 12.5. The molecule has 1 N–H and O–H groups in total. The van der Waals surface area contributed by atoms with E-state index >= 15 is 0 Å². The molecular weight excluding hydrogens is 268 g/mol. The zero-order valence-corrected chi connectivity index (χ0v) is 12.7. The number of nitrogens with one attached hydrogen (secondary N) is 1. The summed E-state index contributed by atoms with van der Waals surface area (Å²) in [5, 5.41) is 2.86. The predicted molar refractivity (Wildman–Crippen MR) is 76.6 cm³/mol. The molecule has 0 atom stereocenters. The van der Waals surface area contributed by atoms with Gasteiger partial charge in [-0.3, -0.25) is 4.79 Å². The monoisotopic (exact) mass is 292 g/mol. The summed E-state index contributed by atoms with van der Waals surface area (Å²) in [4.78, 5) is 25.7. The molecule has 2 saturated heterocycles. The molecule has 2 saturated carbocycles. The number of likely N-dealkylation sites (tertiary alicyclic amines) is 1. The van der Waals surface area contributed by atoms with Crippen molar-refractivity contribution in [1.29, 1.82) is 0 Å². The molecule has 0 aromatic carbocycles. The molecule has 4 rings (SSSR count). The second-order valence-electron chi connectivity index (χ2n) is 7.84. The Morgan fingerprint density at radius 2 is 1.95 bits per heavy atom. The fraction of sp³-hybridized carbons (Fsp3) is 0.875. The molecule has 4 fully saturated rings. The lowest BCUT2D eigenvalue weighted by Gasteiger charge is -2.45. The average Bonchev–Trinajstić information content (AvgIpc) is 3.07. The fourth-order valence-electron chi connectivity index (χ4n) is 4.43. The third-order valence-electron chi connectivity index (χ3n) is 6.30. The van der Waals surface area contributed by atoms with E-state index in [2.05, 4.69) is 17.1 Å². The van der Waals surface area contributed by atoms with E-state index in [1.165, 1.54) is 25.7 Å². The largest absolute Gasteiger partial charge is 0.447 e. The molecule has 0 aromatic heterocycles. The van der Waals surface area contributed by atoms with Gasteiger partial charge in [-0.1, -0.05) is 6.92 Å². The number of carbonyl (C=O) groups is 2. The molecule has 0 bridgehead atoms. The SMILES string of the molecule is CC1(C2CCN(C(=O)C3CC4(COC(=O)N4)C3)CC2)CC1. The van der Waals surface area contributed by atoms with E-state index in [1.807, 2.05) is 0 Å². The molecule has 2 aliphatic heterocycles. The zero-order chi connectivity index (χ0) is 14.7. The zero-order valence-electron chi connectivity index (χ0n) is 12.7. The first-order valence-electron chi connectivity index (χ1n) is 8.24. The van der Waals surface area contributed by atoms with E-state index in [9.17, 15) is 9.59 Å². The summed E-state index contributed by atoms with van der Waals surface area (Å²) in [5.74, 6) is 1.19. The first-order valence-corrected chi connectivity index (χ1v) is 8.24. The van der Waals surface area contributed by atoms with Gasteiger partial charge < -0.3 is 15.0 Å². The Morgan fingerprint density at radius 3 is 2.48 bits per heavy atom. The van der Waals surface area contributed by atoms with Crippen LogP contribution < -0.4 is 5.32 Å². The van der Waals surface area contributed by atoms with Gasteiger partial charge in [0, 0.05) is 19.0 Å². The number of carbonyl (C=O) groups excluding carboxylic acids is 2. The third kappa shape index (κ3) is 2.21. The Kier molecular flexibility index (Phi) is 2.79. The molecule has 2 aliphatic carbocycles. The molecular formula is C16H24N2O3. The van der Waals surface area contributed by atoms with E-state index in [0.717, 1.165) is 31.8 Å². The summed E-state index contributed by atoms with van der Waals surface area (Å²) in [5.41, 5.74) is 0.346. The van der Waals surface area contributed by atoms with Gasteiger partial charge in [0.25, 0.3) is 0 Å². The second-order valence-corrected chi connectivity index (χ2v) is 7.84. The Balaban J connectivity index is 1.28. The third-order valence-corrected chi connectivity index (χ3v) is 6.30. The molecule has 21 heavy (non-hydrogen) atoms. The van der Waals surface area contributed by atoms with Gasteiger partial charge in [-0.25, -0.2) is 4.79 Å². The number of piperidine rings is 1. The molecule has 0 unspecified atom stereocenters. The molecule has 116 valence electrons. The quantitative estimate of drug-likeness (QED) is 0.846. The number of hydrogen-bond acceptors (Lipinski definition) is 3. The number of nitrogens with zero attached hydrogens (tertiary/aromatic N) is 1. The first kappa shape index (κ1) is 13.4. The number of amides is 2. The lowest BCUT2D eigenvalue weighted by molar-refractivity contribution is -0.142. The van der Waals surface area contributed by atoms with Crippen molar-refractivity contribution in [2.45, 2.75) is 51.0 Å². The maximum atomic E-state index is 12.5. The molecule has 5 heteroatoms. The van der Waals surface area contributed by atoms with E-state index in [0.29, 0.717) is 17.9 Å². The van der Waals surface area contributed by atoms with Gasteiger partial charge in [0.05, 0.1) is 5.54 Å². The van der Waals surface area contributed by atoms with Crippen LogP contribution in [0.3, 0.4) is 0 Å². The van der Waals surface area contributed by atoms with Gasteiger partial charge in [0.1, 0.15) is 6.61 Å². The van der Waals surface area contributed by atoms with Gasteiger partial charge in [-0.05, 0) is 49.9 Å². The van der Waals surface area contributed by atoms with Gasteiger partial charge in [0.15, 0.2) is 0 Å². The van der Waals surface area contributed by atoms with Crippen LogP contribution in [0.5, 0.6) is 0 Å². The summed E-state index contributed by atoms with van der Waals surface area (Å²) in [7, 11) is 0. The van der Waals surface area contributed by atoms with Crippen molar-refractivity contribution >= 4 is 12.0 Å². The average molecular weight is 292 g/mol. The van der Waals surface area contributed by atoms with Crippen molar-refractivity contribution in [1.82, 2.24) is 10.2 Å². The first-order chi connectivity index (χ1) is 10.00. The Labute approximate surface area is 125 Å². The highest BCUT2D eigenvalue weighted by molar-refractivity contribution is 5.81. The van der Waals surface area contributed by atoms with E-state index in [-0.39, 0.29) is 17.6 Å². The Morgan fingerprint density at radius 1 is 1.29 bits per heavy atom. The standard InChI is InChI=1S/C16H24N2O3/c1-15(4-5-15)12-2-6-18(7-3-12)13(19)11-8-16(9-11)10-21-14(20)17-16/h11-12H,2-10H2,1H3,(H,17,20). The van der Waals surface area contributed by atoms with Crippen LogP contribution >= 0.6 is 0 Å². The van der Waals surface area contributed by atoms with E-state index in [1.54, 1.807) is 0 Å². The molecule has 2 amide bonds. The summed E-state index contributed by atoms with van der Waals surface area (Å²) >= 11 is 0. The smallest absolute Gasteiger partial charge is 0.407 e. The summed E-state index contributed by atoms with van der Waals surface area (Å²) in [6.45, 7) is 4.67. The molecule has 1 spiro atoms. The number of ether oxygens (including phenoxy) is 1. The van der Waals surface area contributed by atoms with Crippen LogP contribution in [0, 0.1) is 17.3 Å². The molecule has 0 radical (unpaired) electrons. The van der Waals surface area contributed by atoms with Crippen LogP contribution in [0.4, 0.5) is 4.79 Å². The molecule has 5 nitrogen and oxygen atoms in total. The second kappa shape index (κ2) is 4.37. The summed E-state index contributed by atoms with van der Waals surface area (Å²) < 4.78 is 4.97. The van der Waals surface area contributed by atoms with Crippen molar-refractivity contribution in [3.05, 3.63) is 0 Å².